The minimum Gasteiger partial charge on any atom is -0.342 e. The van der Waals surface area contributed by atoms with Gasteiger partial charge in [0.15, 0.2) is 0 Å². The van der Waals surface area contributed by atoms with Crippen molar-refractivity contribution < 1.29 is 13.6 Å². The van der Waals surface area contributed by atoms with E-state index in [1.165, 1.54) is 30.3 Å². The van der Waals surface area contributed by atoms with Crippen molar-refractivity contribution in [1.82, 2.24) is 15.8 Å². The molecule has 2 aromatic rings. The third-order valence-electron chi connectivity index (χ3n) is 4.81. The summed E-state index contributed by atoms with van der Waals surface area (Å²) in [6, 6.07) is 11.1. The first-order valence-corrected chi connectivity index (χ1v) is 9.70. The van der Waals surface area contributed by atoms with Gasteiger partial charge in [-0.1, -0.05) is 12.1 Å². The van der Waals surface area contributed by atoms with Gasteiger partial charge in [-0.15, -0.1) is 0 Å². The van der Waals surface area contributed by atoms with Crippen LogP contribution in [0.5, 0.6) is 0 Å². The number of hydrazine groups is 1. The molecule has 1 aliphatic rings. The number of amides is 1. The number of halogens is 3. The van der Waals surface area contributed by atoms with Gasteiger partial charge >= 0.3 is 0 Å². The Morgan fingerprint density at radius 1 is 1.15 bits per heavy atom. The van der Waals surface area contributed by atoms with Crippen LogP contribution in [0.3, 0.4) is 0 Å². The van der Waals surface area contributed by atoms with Crippen molar-refractivity contribution in [3.63, 3.8) is 0 Å². The van der Waals surface area contributed by atoms with Gasteiger partial charge in [0.2, 0.25) is 0 Å². The second-order valence-corrected chi connectivity index (χ2v) is 7.67. The molecule has 0 radical (unpaired) electrons. The molecule has 2 N–H and O–H groups in total. The molecule has 144 valence electrons. The summed E-state index contributed by atoms with van der Waals surface area (Å²) in [5, 5.41) is 0. The van der Waals surface area contributed by atoms with Crippen molar-refractivity contribution >= 4 is 21.8 Å². The molecule has 1 saturated heterocycles. The minimum absolute atomic E-state index is 0.136. The van der Waals surface area contributed by atoms with E-state index in [0.717, 1.165) is 24.8 Å². The Bertz CT molecular complexity index is 800. The van der Waals surface area contributed by atoms with Gasteiger partial charge in [0.25, 0.3) is 5.91 Å². The van der Waals surface area contributed by atoms with E-state index in [2.05, 4.69) is 26.8 Å². The largest absolute Gasteiger partial charge is 0.342 e. The summed E-state index contributed by atoms with van der Waals surface area (Å²) >= 11 is 3.24. The van der Waals surface area contributed by atoms with Gasteiger partial charge in [0, 0.05) is 30.1 Å². The third kappa shape index (κ3) is 5.12. The van der Waals surface area contributed by atoms with Crippen LogP contribution in [0.2, 0.25) is 0 Å². The highest BCUT2D eigenvalue weighted by atomic mass is 79.9. The topological polar surface area (TPSA) is 44.4 Å². The maximum atomic E-state index is 13.2. The van der Waals surface area contributed by atoms with Gasteiger partial charge in [-0.2, -0.15) is 0 Å². The Labute approximate surface area is 166 Å². The first-order chi connectivity index (χ1) is 12.9. The molecule has 2 atom stereocenters. The molecule has 2 unspecified atom stereocenters. The van der Waals surface area contributed by atoms with Crippen LogP contribution in [0.1, 0.15) is 41.2 Å². The van der Waals surface area contributed by atoms with Crippen LogP contribution in [0.25, 0.3) is 0 Å². The van der Waals surface area contributed by atoms with Crippen LogP contribution in [0.15, 0.2) is 46.9 Å². The van der Waals surface area contributed by atoms with E-state index in [9.17, 15) is 13.6 Å². The zero-order chi connectivity index (χ0) is 19.4. The molecule has 1 heterocycles. The highest BCUT2D eigenvalue weighted by Crippen LogP contribution is 2.24. The molecule has 0 bridgehead atoms. The summed E-state index contributed by atoms with van der Waals surface area (Å²) in [4.78, 5) is 14.1. The zero-order valence-electron chi connectivity index (χ0n) is 15.0. The molecule has 0 aromatic heterocycles. The summed E-state index contributed by atoms with van der Waals surface area (Å²) in [5.74, 6) is -0.748. The van der Waals surface area contributed by atoms with Gasteiger partial charge in [0.05, 0.1) is 5.56 Å². The van der Waals surface area contributed by atoms with E-state index < -0.39 is 0 Å². The smallest absolute Gasteiger partial charge is 0.254 e. The second kappa shape index (κ2) is 8.91. The van der Waals surface area contributed by atoms with E-state index in [-0.39, 0.29) is 23.6 Å². The van der Waals surface area contributed by atoms with Crippen molar-refractivity contribution in [1.29, 1.82) is 0 Å². The Balaban J connectivity index is 1.45. The van der Waals surface area contributed by atoms with Gasteiger partial charge in [0.1, 0.15) is 11.6 Å². The van der Waals surface area contributed by atoms with Gasteiger partial charge in [-0.05, 0) is 71.1 Å². The van der Waals surface area contributed by atoms with Crippen molar-refractivity contribution in [2.75, 3.05) is 13.6 Å². The number of hydrogen-bond acceptors (Lipinski definition) is 3. The molecule has 2 aromatic carbocycles. The number of carbonyl (C=O) groups is 1. The van der Waals surface area contributed by atoms with Crippen LogP contribution >= 0.6 is 15.9 Å². The summed E-state index contributed by atoms with van der Waals surface area (Å²) in [6.07, 6.45) is 2.66. The molecule has 0 spiro atoms. The molecule has 1 aliphatic heterocycles. The Hall–Kier alpha value is -1.83. The summed E-state index contributed by atoms with van der Waals surface area (Å²) in [7, 11) is 1.75. The molecular weight excluding hydrogens is 416 g/mol. The van der Waals surface area contributed by atoms with E-state index in [1.54, 1.807) is 24.1 Å². The van der Waals surface area contributed by atoms with E-state index in [4.69, 9.17) is 0 Å². The fraction of sp³-hybridized carbons (Fsp3) is 0.350. The lowest BCUT2D eigenvalue weighted by atomic mass is 9.99. The SMILES string of the molecule is CN(CCCC1CC(c2ccc(F)cc2)NN1)C(=O)c1ccc(F)cc1Br. The maximum Gasteiger partial charge on any atom is 0.254 e. The van der Waals surface area contributed by atoms with Crippen molar-refractivity contribution in [2.45, 2.75) is 31.3 Å². The molecular formula is C20H22BrF2N3O. The lowest BCUT2D eigenvalue weighted by Crippen LogP contribution is -2.32. The van der Waals surface area contributed by atoms with E-state index >= 15 is 0 Å². The number of hydrogen-bond donors (Lipinski definition) is 2. The number of benzene rings is 2. The Morgan fingerprint density at radius 2 is 1.85 bits per heavy atom. The second-order valence-electron chi connectivity index (χ2n) is 6.82. The highest BCUT2D eigenvalue weighted by Gasteiger charge is 2.25. The fourth-order valence-corrected chi connectivity index (χ4v) is 3.79. The number of nitrogens with one attached hydrogen (secondary N) is 2. The summed E-state index contributed by atoms with van der Waals surface area (Å²) in [5.41, 5.74) is 8.03. The Kier molecular flexibility index (Phi) is 6.57. The number of carbonyl (C=O) groups excluding carboxylic acids is 1. The molecule has 0 saturated carbocycles. The molecule has 27 heavy (non-hydrogen) atoms. The summed E-state index contributed by atoms with van der Waals surface area (Å²) in [6.45, 7) is 0.613. The van der Waals surface area contributed by atoms with Crippen LogP contribution in [-0.2, 0) is 0 Å². The van der Waals surface area contributed by atoms with Crippen molar-refractivity contribution in [2.24, 2.45) is 0 Å². The standard InChI is InChI=1S/C20H22BrF2N3O/c1-26(20(27)17-9-8-15(23)11-18(17)21)10-2-3-16-12-19(25-24-16)13-4-6-14(22)7-5-13/h4-9,11,16,19,24-25H,2-3,10,12H2,1H3. The first-order valence-electron chi connectivity index (χ1n) is 8.91. The van der Waals surface area contributed by atoms with Crippen LogP contribution < -0.4 is 10.9 Å². The molecule has 1 fully saturated rings. The highest BCUT2D eigenvalue weighted by molar-refractivity contribution is 9.10. The third-order valence-corrected chi connectivity index (χ3v) is 5.46. The van der Waals surface area contributed by atoms with E-state index in [0.29, 0.717) is 22.6 Å². The van der Waals surface area contributed by atoms with Crippen LogP contribution in [-0.4, -0.2) is 30.4 Å². The zero-order valence-corrected chi connectivity index (χ0v) is 16.6. The normalized spacial score (nSPS) is 19.3. The number of rotatable bonds is 6. The van der Waals surface area contributed by atoms with E-state index in [1.807, 2.05) is 0 Å². The molecule has 0 aliphatic carbocycles. The quantitative estimate of drug-likeness (QED) is 0.711. The lowest BCUT2D eigenvalue weighted by molar-refractivity contribution is 0.0790. The van der Waals surface area contributed by atoms with Gasteiger partial charge < -0.3 is 4.90 Å². The number of nitrogens with zero attached hydrogens (tertiary/aromatic N) is 1. The molecule has 3 rings (SSSR count). The average Bonchev–Trinajstić information content (AvgIpc) is 3.10. The van der Waals surface area contributed by atoms with Crippen molar-refractivity contribution in [3.05, 3.63) is 69.7 Å². The predicted octanol–water partition coefficient (Wildman–Crippen LogP) is 4.19. The van der Waals surface area contributed by atoms with Crippen LogP contribution in [0.4, 0.5) is 8.78 Å². The first kappa shape index (κ1) is 19.9. The Morgan fingerprint density at radius 3 is 2.56 bits per heavy atom. The van der Waals surface area contributed by atoms with Gasteiger partial charge in [-0.3, -0.25) is 15.6 Å². The molecule has 7 heteroatoms. The fourth-order valence-electron chi connectivity index (χ4n) is 3.27. The van der Waals surface area contributed by atoms with Crippen LogP contribution in [0, 0.1) is 11.6 Å². The summed E-state index contributed by atoms with van der Waals surface area (Å²) < 4.78 is 26.7. The monoisotopic (exact) mass is 437 g/mol. The average molecular weight is 438 g/mol. The predicted molar refractivity (Wildman–Crippen MR) is 104 cm³/mol. The van der Waals surface area contributed by atoms with Gasteiger partial charge in [-0.25, -0.2) is 8.78 Å². The molecule has 4 nitrogen and oxygen atoms in total. The lowest BCUT2D eigenvalue weighted by Gasteiger charge is -2.19. The van der Waals surface area contributed by atoms with Crippen molar-refractivity contribution in [3.8, 4) is 0 Å². The minimum atomic E-state index is -0.378. The maximum absolute atomic E-state index is 13.2. The molecule has 1 amide bonds.